The van der Waals surface area contributed by atoms with Crippen molar-refractivity contribution in [3.8, 4) is 0 Å². The fourth-order valence-corrected chi connectivity index (χ4v) is 2.02. The van der Waals surface area contributed by atoms with Crippen LogP contribution >= 0.6 is 0 Å². The van der Waals surface area contributed by atoms with Crippen molar-refractivity contribution in [1.82, 2.24) is 15.1 Å². The second-order valence-corrected chi connectivity index (χ2v) is 4.80. The van der Waals surface area contributed by atoms with E-state index in [1.54, 1.807) is 6.26 Å². The van der Waals surface area contributed by atoms with Crippen molar-refractivity contribution in [2.75, 3.05) is 0 Å². The predicted octanol–water partition coefficient (Wildman–Crippen LogP) is 2.43. The maximum atomic E-state index is 5.33. The average molecular weight is 247 g/mol. The lowest BCUT2D eigenvalue weighted by Crippen LogP contribution is -2.26. The van der Waals surface area contributed by atoms with Crippen LogP contribution in [0.3, 0.4) is 0 Å². The summed E-state index contributed by atoms with van der Waals surface area (Å²) in [4.78, 5) is 0. The number of nitrogens with zero attached hydrogens (tertiary/aromatic N) is 2. The van der Waals surface area contributed by atoms with Crippen molar-refractivity contribution in [1.29, 1.82) is 0 Å². The summed E-state index contributed by atoms with van der Waals surface area (Å²) in [5.41, 5.74) is 2.29. The Morgan fingerprint density at radius 2 is 2.33 bits per heavy atom. The van der Waals surface area contributed by atoms with Gasteiger partial charge >= 0.3 is 0 Å². The summed E-state index contributed by atoms with van der Waals surface area (Å²) in [6.07, 6.45) is 3.78. The zero-order chi connectivity index (χ0) is 13.0. The van der Waals surface area contributed by atoms with Crippen LogP contribution in [0.25, 0.3) is 0 Å². The minimum atomic E-state index is 0.463. The molecular weight excluding hydrogens is 226 g/mol. The Hall–Kier alpha value is -1.55. The monoisotopic (exact) mass is 247 g/mol. The van der Waals surface area contributed by atoms with E-state index in [1.165, 1.54) is 5.69 Å². The van der Waals surface area contributed by atoms with Gasteiger partial charge in [0.1, 0.15) is 5.76 Å². The van der Waals surface area contributed by atoms with E-state index in [0.717, 1.165) is 30.8 Å². The molecule has 2 aromatic heterocycles. The van der Waals surface area contributed by atoms with Crippen LogP contribution in [0, 0.1) is 6.92 Å². The Kier molecular flexibility index (Phi) is 4.20. The van der Waals surface area contributed by atoms with Gasteiger partial charge in [0.15, 0.2) is 0 Å². The smallest absolute Gasteiger partial charge is 0.103 e. The van der Waals surface area contributed by atoms with E-state index >= 15 is 0 Å². The van der Waals surface area contributed by atoms with Gasteiger partial charge in [-0.1, -0.05) is 0 Å². The van der Waals surface area contributed by atoms with Gasteiger partial charge < -0.3 is 9.73 Å². The molecule has 4 nitrogen and oxygen atoms in total. The Bertz CT molecular complexity index is 473. The molecule has 2 rings (SSSR count). The molecule has 2 aromatic rings. The lowest BCUT2D eigenvalue weighted by atomic mass is 10.1. The van der Waals surface area contributed by atoms with Crippen molar-refractivity contribution in [2.24, 2.45) is 7.05 Å². The van der Waals surface area contributed by atoms with Gasteiger partial charge in [-0.3, -0.25) is 4.68 Å². The molecule has 4 heteroatoms. The van der Waals surface area contributed by atoms with E-state index in [-0.39, 0.29) is 0 Å². The van der Waals surface area contributed by atoms with E-state index < -0.39 is 0 Å². The van der Waals surface area contributed by atoms with E-state index in [1.807, 2.05) is 30.8 Å². The summed E-state index contributed by atoms with van der Waals surface area (Å²) in [6.45, 7) is 5.08. The second kappa shape index (κ2) is 5.87. The maximum absolute atomic E-state index is 5.33. The number of hydrogen-bond acceptors (Lipinski definition) is 3. The highest BCUT2D eigenvalue weighted by atomic mass is 16.3. The molecular formula is C14H21N3O. The van der Waals surface area contributed by atoms with Gasteiger partial charge in [0.25, 0.3) is 0 Å². The van der Waals surface area contributed by atoms with Gasteiger partial charge in [0.2, 0.25) is 0 Å². The van der Waals surface area contributed by atoms with Crippen LogP contribution in [-0.4, -0.2) is 15.8 Å². The first-order chi connectivity index (χ1) is 8.65. The quantitative estimate of drug-likeness (QED) is 0.852. The average Bonchev–Trinajstić information content (AvgIpc) is 2.94. The molecule has 0 spiro atoms. The van der Waals surface area contributed by atoms with Crippen LogP contribution in [0.15, 0.2) is 28.9 Å². The molecule has 18 heavy (non-hydrogen) atoms. The topological polar surface area (TPSA) is 43.0 Å². The molecule has 0 aromatic carbocycles. The number of hydrogen-bond donors (Lipinski definition) is 1. The molecule has 0 saturated carbocycles. The minimum absolute atomic E-state index is 0.463. The summed E-state index contributed by atoms with van der Waals surface area (Å²) in [7, 11) is 1.98. The lowest BCUT2D eigenvalue weighted by molar-refractivity contribution is 0.455. The van der Waals surface area contributed by atoms with Crippen molar-refractivity contribution in [3.05, 3.63) is 41.6 Å². The lowest BCUT2D eigenvalue weighted by Gasteiger charge is -2.12. The zero-order valence-electron chi connectivity index (χ0n) is 11.3. The molecule has 0 aliphatic heterocycles. The van der Waals surface area contributed by atoms with Gasteiger partial charge in [-0.05, 0) is 38.5 Å². The SMILES string of the molecule is Cc1cc(CNC(C)CCc2ccco2)n(C)n1. The number of nitrogens with one attached hydrogen (secondary N) is 1. The van der Waals surface area contributed by atoms with Crippen molar-refractivity contribution < 1.29 is 4.42 Å². The first-order valence-electron chi connectivity index (χ1n) is 6.40. The maximum Gasteiger partial charge on any atom is 0.103 e. The number of rotatable bonds is 6. The number of furan rings is 1. The molecule has 0 aliphatic rings. The molecule has 98 valence electrons. The van der Waals surface area contributed by atoms with E-state index in [4.69, 9.17) is 4.42 Å². The van der Waals surface area contributed by atoms with Gasteiger partial charge in [-0.15, -0.1) is 0 Å². The van der Waals surface area contributed by atoms with Gasteiger partial charge in [0, 0.05) is 26.1 Å². The van der Waals surface area contributed by atoms with Crippen molar-refractivity contribution in [3.63, 3.8) is 0 Å². The fraction of sp³-hybridized carbons (Fsp3) is 0.500. The van der Waals surface area contributed by atoms with Gasteiger partial charge in [-0.25, -0.2) is 0 Å². The van der Waals surface area contributed by atoms with Crippen LogP contribution in [-0.2, 0) is 20.0 Å². The van der Waals surface area contributed by atoms with Crippen molar-refractivity contribution in [2.45, 2.75) is 39.3 Å². The standard InChI is InChI=1S/C14H21N3O/c1-11(6-7-14-5-4-8-18-14)15-10-13-9-12(2)16-17(13)3/h4-5,8-9,11,15H,6-7,10H2,1-3H3. The highest BCUT2D eigenvalue weighted by Gasteiger charge is 2.06. The highest BCUT2D eigenvalue weighted by Crippen LogP contribution is 2.07. The summed E-state index contributed by atoms with van der Waals surface area (Å²) in [6, 6.07) is 6.54. The van der Waals surface area contributed by atoms with Crippen LogP contribution in [0.2, 0.25) is 0 Å². The first-order valence-corrected chi connectivity index (χ1v) is 6.40. The summed E-state index contributed by atoms with van der Waals surface area (Å²) >= 11 is 0. The molecule has 0 saturated heterocycles. The van der Waals surface area contributed by atoms with Crippen LogP contribution < -0.4 is 5.32 Å². The third-order valence-corrected chi connectivity index (χ3v) is 3.13. The normalized spacial score (nSPS) is 12.8. The first kappa shape index (κ1) is 12.9. The molecule has 1 atom stereocenters. The van der Waals surface area contributed by atoms with Gasteiger partial charge in [0.05, 0.1) is 17.7 Å². The Balaban J connectivity index is 1.74. The van der Waals surface area contributed by atoms with Crippen LogP contribution in [0.5, 0.6) is 0 Å². The van der Waals surface area contributed by atoms with Gasteiger partial charge in [-0.2, -0.15) is 5.10 Å². The summed E-state index contributed by atoms with van der Waals surface area (Å²) < 4.78 is 7.26. The molecule has 1 unspecified atom stereocenters. The second-order valence-electron chi connectivity index (χ2n) is 4.80. The number of aryl methyl sites for hydroxylation is 3. The Morgan fingerprint density at radius 1 is 1.50 bits per heavy atom. The van der Waals surface area contributed by atoms with Crippen LogP contribution in [0.1, 0.15) is 30.5 Å². The Morgan fingerprint density at radius 3 is 2.94 bits per heavy atom. The molecule has 0 aliphatic carbocycles. The fourth-order valence-electron chi connectivity index (χ4n) is 2.02. The third kappa shape index (κ3) is 3.47. The minimum Gasteiger partial charge on any atom is -0.469 e. The van der Waals surface area contributed by atoms with Crippen LogP contribution in [0.4, 0.5) is 0 Å². The molecule has 1 N–H and O–H groups in total. The molecule has 0 bridgehead atoms. The zero-order valence-corrected chi connectivity index (χ0v) is 11.3. The third-order valence-electron chi connectivity index (χ3n) is 3.13. The molecule has 0 amide bonds. The van der Waals surface area contributed by atoms with E-state index in [9.17, 15) is 0 Å². The molecule has 2 heterocycles. The van der Waals surface area contributed by atoms with E-state index in [0.29, 0.717) is 6.04 Å². The van der Waals surface area contributed by atoms with E-state index in [2.05, 4.69) is 23.4 Å². The molecule has 0 fully saturated rings. The molecule has 0 radical (unpaired) electrons. The van der Waals surface area contributed by atoms with Crippen molar-refractivity contribution >= 4 is 0 Å². The largest absolute Gasteiger partial charge is 0.469 e. The highest BCUT2D eigenvalue weighted by molar-refractivity contribution is 5.08. The summed E-state index contributed by atoms with van der Waals surface area (Å²) in [5.74, 6) is 1.06. The summed E-state index contributed by atoms with van der Waals surface area (Å²) in [5, 5.41) is 7.85. The number of aromatic nitrogens is 2. The Labute approximate surface area is 108 Å². The predicted molar refractivity (Wildman–Crippen MR) is 71.3 cm³/mol.